The summed E-state index contributed by atoms with van der Waals surface area (Å²) >= 11 is 0. The number of hydrogen-bond acceptors (Lipinski definition) is 4. The number of unbranched alkanes of at least 4 members (excludes halogenated alkanes) is 1. The number of aromatic nitrogens is 2. The minimum atomic E-state index is -0.811. The predicted octanol–water partition coefficient (Wildman–Crippen LogP) is 1.35. The Morgan fingerprint density at radius 2 is 1.40 bits per heavy atom. The molecule has 1 aromatic heterocycles. The molecule has 3 rings (SSSR count). The number of rotatable bonds is 8. The average Bonchev–Trinajstić information content (AvgIpc) is 2.73. The van der Waals surface area contributed by atoms with E-state index < -0.39 is 11.5 Å². The van der Waals surface area contributed by atoms with Gasteiger partial charge in [0.1, 0.15) is 16.4 Å². The molecular formula is C23H22N2O5. The number of ether oxygens (including phenoxy) is 1. The molecule has 0 unspecified atom stereocenters. The smallest absolute Gasteiger partial charge is 0.303 e. The average molecular weight is 406 g/mol. The van der Waals surface area contributed by atoms with Crippen LogP contribution in [0.15, 0.2) is 64.2 Å². The molecule has 0 aliphatic rings. The summed E-state index contributed by atoms with van der Waals surface area (Å²) in [5.74, 6) is -0.161. The lowest BCUT2D eigenvalue weighted by Crippen LogP contribution is -2.46. The molecule has 2 aromatic carbocycles. The van der Waals surface area contributed by atoms with Crippen LogP contribution in [0.5, 0.6) is 5.75 Å². The summed E-state index contributed by atoms with van der Waals surface area (Å²) in [7, 11) is 0. The molecule has 154 valence electrons. The van der Waals surface area contributed by atoms with Crippen LogP contribution in [0.4, 0.5) is 0 Å². The normalized spacial score (nSPS) is 12.1. The fraction of sp³-hybridized carbons (Fsp3) is 0.174. The molecule has 0 spiro atoms. The van der Waals surface area contributed by atoms with Crippen molar-refractivity contribution in [3.05, 3.63) is 97.1 Å². The number of benzene rings is 2. The molecule has 0 saturated carbocycles. The van der Waals surface area contributed by atoms with Gasteiger partial charge < -0.3 is 19.8 Å². The number of carboxylic acids is 1. The molecule has 1 heterocycles. The van der Waals surface area contributed by atoms with E-state index in [1.165, 1.54) is 0 Å². The van der Waals surface area contributed by atoms with Crippen molar-refractivity contribution in [2.45, 2.75) is 19.3 Å². The first kappa shape index (κ1) is 20.9. The van der Waals surface area contributed by atoms with E-state index in [9.17, 15) is 14.4 Å². The van der Waals surface area contributed by atoms with E-state index in [1.807, 2.05) is 30.3 Å². The van der Waals surface area contributed by atoms with Crippen LogP contribution < -0.4 is 26.6 Å². The van der Waals surface area contributed by atoms with Crippen molar-refractivity contribution in [3.8, 4) is 5.75 Å². The molecular weight excluding hydrogens is 384 g/mol. The summed E-state index contributed by atoms with van der Waals surface area (Å²) in [6.07, 6.45) is 4.56. The minimum Gasteiger partial charge on any atom is -0.494 e. The number of aromatic amines is 2. The third-order valence-electron chi connectivity index (χ3n) is 4.34. The van der Waals surface area contributed by atoms with E-state index in [4.69, 9.17) is 9.84 Å². The highest BCUT2D eigenvalue weighted by atomic mass is 16.5. The van der Waals surface area contributed by atoms with Crippen molar-refractivity contribution in [1.29, 1.82) is 0 Å². The van der Waals surface area contributed by atoms with E-state index in [0.717, 1.165) is 11.1 Å². The summed E-state index contributed by atoms with van der Waals surface area (Å²) in [5.41, 5.74) is 0.768. The largest absolute Gasteiger partial charge is 0.494 e. The van der Waals surface area contributed by atoms with Gasteiger partial charge in [-0.2, -0.15) is 0 Å². The zero-order chi connectivity index (χ0) is 21.3. The van der Waals surface area contributed by atoms with Gasteiger partial charge in [-0.05, 0) is 48.3 Å². The first-order valence-electron chi connectivity index (χ1n) is 9.57. The molecule has 0 aliphatic heterocycles. The van der Waals surface area contributed by atoms with E-state index in [-0.39, 0.29) is 22.7 Å². The third kappa shape index (κ3) is 6.07. The first-order valence-corrected chi connectivity index (χ1v) is 9.57. The van der Waals surface area contributed by atoms with Crippen LogP contribution in [0.3, 0.4) is 0 Å². The Labute approximate surface area is 172 Å². The van der Waals surface area contributed by atoms with Gasteiger partial charge in [0.25, 0.3) is 11.1 Å². The highest BCUT2D eigenvalue weighted by Gasteiger charge is 2.00. The van der Waals surface area contributed by atoms with Crippen LogP contribution in [0.2, 0.25) is 0 Å². The summed E-state index contributed by atoms with van der Waals surface area (Å²) < 4.78 is 5.57. The van der Waals surface area contributed by atoms with Gasteiger partial charge >= 0.3 is 5.97 Å². The molecule has 3 N–H and O–H groups in total. The van der Waals surface area contributed by atoms with Crippen molar-refractivity contribution >= 4 is 18.1 Å². The maximum atomic E-state index is 12.4. The molecule has 0 fully saturated rings. The van der Waals surface area contributed by atoms with Gasteiger partial charge in [0.05, 0.1) is 6.61 Å². The zero-order valence-corrected chi connectivity index (χ0v) is 16.3. The van der Waals surface area contributed by atoms with Gasteiger partial charge in [-0.25, -0.2) is 0 Å². The Kier molecular flexibility index (Phi) is 7.00. The Morgan fingerprint density at radius 1 is 0.833 bits per heavy atom. The van der Waals surface area contributed by atoms with Crippen molar-refractivity contribution in [1.82, 2.24) is 9.97 Å². The van der Waals surface area contributed by atoms with E-state index in [1.54, 1.807) is 36.4 Å². The van der Waals surface area contributed by atoms with Gasteiger partial charge in [0.2, 0.25) is 0 Å². The lowest BCUT2D eigenvalue weighted by Gasteiger charge is -2.05. The maximum Gasteiger partial charge on any atom is 0.303 e. The van der Waals surface area contributed by atoms with Gasteiger partial charge in [0.15, 0.2) is 0 Å². The summed E-state index contributed by atoms with van der Waals surface area (Å²) in [4.78, 5) is 40.4. The fourth-order valence-electron chi connectivity index (χ4n) is 2.81. The number of hydrogen-bond donors (Lipinski definition) is 3. The lowest BCUT2D eigenvalue weighted by molar-refractivity contribution is -0.137. The van der Waals surface area contributed by atoms with Crippen molar-refractivity contribution in [2.75, 3.05) is 6.61 Å². The second kappa shape index (κ2) is 10.1. The Balaban J connectivity index is 1.73. The van der Waals surface area contributed by atoms with Crippen LogP contribution in [0.25, 0.3) is 12.2 Å². The lowest BCUT2D eigenvalue weighted by atomic mass is 10.2. The number of H-pyrrole nitrogens is 2. The molecule has 0 aliphatic carbocycles. The zero-order valence-electron chi connectivity index (χ0n) is 16.3. The van der Waals surface area contributed by atoms with Crippen molar-refractivity contribution < 1.29 is 14.6 Å². The SMILES string of the molecule is O=C(O)CCCCOc1ccc(C=c2[nH]c(=O)c(=Cc3ccccc3)[nH]c2=O)cc1. The highest BCUT2D eigenvalue weighted by Crippen LogP contribution is 2.13. The van der Waals surface area contributed by atoms with Crippen molar-refractivity contribution in [2.24, 2.45) is 0 Å². The second-order valence-corrected chi connectivity index (χ2v) is 6.70. The molecule has 0 saturated heterocycles. The van der Waals surface area contributed by atoms with Gasteiger partial charge in [-0.15, -0.1) is 0 Å². The van der Waals surface area contributed by atoms with Crippen LogP contribution in [-0.2, 0) is 4.79 Å². The highest BCUT2D eigenvalue weighted by molar-refractivity contribution is 5.66. The van der Waals surface area contributed by atoms with E-state index in [2.05, 4.69) is 9.97 Å². The van der Waals surface area contributed by atoms with Crippen LogP contribution in [-0.4, -0.2) is 27.7 Å². The summed E-state index contributed by atoms with van der Waals surface area (Å²) in [6.45, 7) is 0.433. The molecule has 0 atom stereocenters. The van der Waals surface area contributed by atoms with Crippen molar-refractivity contribution in [3.63, 3.8) is 0 Å². The molecule has 3 aromatic rings. The van der Waals surface area contributed by atoms with Crippen LogP contribution >= 0.6 is 0 Å². The van der Waals surface area contributed by atoms with Crippen LogP contribution in [0.1, 0.15) is 30.4 Å². The van der Waals surface area contributed by atoms with Gasteiger partial charge in [-0.1, -0.05) is 42.5 Å². The Hall–Kier alpha value is -3.87. The molecule has 7 nitrogen and oxygen atoms in total. The first-order chi connectivity index (χ1) is 14.5. The number of aliphatic carboxylic acids is 1. The number of nitrogens with one attached hydrogen (secondary N) is 2. The van der Waals surface area contributed by atoms with E-state index >= 15 is 0 Å². The number of carboxylic acid groups (broad SMARTS) is 1. The second-order valence-electron chi connectivity index (χ2n) is 6.70. The molecule has 0 radical (unpaired) electrons. The predicted molar refractivity (Wildman–Crippen MR) is 114 cm³/mol. The number of carbonyl (C=O) groups is 1. The summed E-state index contributed by atoms with van der Waals surface area (Å²) in [5, 5.41) is 8.96. The minimum absolute atomic E-state index is 0.131. The maximum absolute atomic E-state index is 12.4. The Morgan fingerprint density at radius 3 is 1.97 bits per heavy atom. The van der Waals surface area contributed by atoms with Gasteiger partial charge in [-0.3, -0.25) is 14.4 Å². The quantitative estimate of drug-likeness (QED) is 0.489. The van der Waals surface area contributed by atoms with Crippen LogP contribution in [0, 0.1) is 0 Å². The summed E-state index contributed by atoms with van der Waals surface area (Å²) in [6, 6.07) is 16.3. The monoisotopic (exact) mass is 406 g/mol. The van der Waals surface area contributed by atoms with E-state index in [0.29, 0.717) is 25.2 Å². The molecule has 0 bridgehead atoms. The molecule has 0 amide bonds. The van der Waals surface area contributed by atoms with Gasteiger partial charge in [0, 0.05) is 6.42 Å². The third-order valence-corrected chi connectivity index (χ3v) is 4.34. The Bertz CT molecular complexity index is 1230. The molecule has 7 heteroatoms. The fourth-order valence-corrected chi connectivity index (χ4v) is 2.81. The standard InChI is InChI=1S/C23H22N2O5/c26-21(27)8-4-5-13-30-18-11-9-17(10-12-18)15-20-23(29)24-19(22(28)25-20)14-16-6-2-1-3-7-16/h1-3,6-7,9-12,14-15H,4-5,8,13H2,(H,24,29)(H,25,28)(H,26,27). The topological polar surface area (TPSA) is 112 Å². The molecule has 30 heavy (non-hydrogen) atoms.